The summed E-state index contributed by atoms with van der Waals surface area (Å²) in [6.07, 6.45) is 0.146. The molecule has 0 atom stereocenters. The largest absolute Gasteiger partial charge is 0.482 e. The molecular weight excluding hydrogens is 322 g/mol. The van der Waals surface area contributed by atoms with E-state index in [-0.39, 0.29) is 30.7 Å². The fourth-order valence-electron chi connectivity index (χ4n) is 2.51. The fourth-order valence-corrected chi connectivity index (χ4v) is 2.51. The lowest BCUT2D eigenvalue weighted by molar-refractivity contribution is -0.118. The third-order valence-electron chi connectivity index (χ3n) is 3.51. The van der Waals surface area contributed by atoms with Crippen molar-refractivity contribution in [3.05, 3.63) is 48.0 Å². The minimum absolute atomic E-state index is 0.00251. The van der Waals surface area contributed by atoms with Gasteiger partial charge in [-0.05, 0) is 35.9 Å². The number of hydrogen-bond acceptors (Lipinski definition) is 4. The van der Waals surface area contributed by atoms with Crippen LogP contribution < -0.4 is 20.7 Å². The maximum Gasteiger partial charge on any atom is 0.262 e. The summed E-state index contributed by atoms with van der Waals surface area (Å²) in [7, 11) is 0. The molecule has 25 heavy (non-hydrogen) atoms. The molecule has 0 spiro atoms. The third kappa shape index (κ3) is 4.35. The molecule has 7 heteroatoms. The van der Waals surface area contributed by atoms with E-state index in [0.29, 0.717) is 22.8 Å². The second kappa shape index (κ2) is 7.04. The van der Waals surface area contributed by atoms with Crippen molar-refractivity contribution in [3.63, 3.8) is 0 Å². The summed E-state index contributed by atoms with van der Waals surface area (Å²) in [5.74, 6) is -0.0135. The number of amides is 3. The molecule has 2 aromatic rings. The van der Waals surface area contributed by atoms with Crippen LogP contribution in [0.15, 0.2) is 42.5 Å². The van der Waals surface area contributed by atoms with Crippen molar-refractivity contribution in [2.75, 3.05) is 22.6 Å². The first-order valence-corrected chi connectivity index (χ1v) is 7.73. The van der Waals surface area contributed by atoms with Gasteiger partial charge in [-0.2, -0.15) is 0 Å². The van der Waals surface area contributed by atoms with Gasteiger partial charge in [-0.15, -0.1) is 0 Å². The number of benzene rings is 2. The van der Waals surface area contributed by atoms with Crippen molar-refractivity contribution in [1.82, 2.24) is 0 Å². The highest BCUT2D eigenvalue weighted by atomic mass is 16.5. The Morgan fingerprint density at radius 1 is 1.12 bits per heavy atom. The molecule has 0 radical (unpaired) electrons. The van der Waals surface area contributed by atoms with Gasteiger partial charge in [0.1, 0.15) is 5.75 Å². The Kier molecular flexibility index (Phi) is 4.65. The van der Waals surface area contributed by atoms with Crippen LogP contribution in [-0.4, -0.2) is 24.3 Å². The first-order chi connectivity index (χ1) is 12.0. The van der Waals surface area contributed by atoms with Gasteiger partial charge in [-0.25, -0.2) is 0 Å². The van der Waals surface area contributed by atoms with E-state index in [0.717, 1.165) is 5.56 Å². The summed E-state index contributed by atoms with van der Waals surface area (Å²) in [6.45, 7) is 1.42. The molecule has 0 bridgehead atoms. The van der Waals surface area contributed by atoms with Gasteiger partial charge in [0.15, 0.2) is 6.61 Å². The molecule has 0 saturated heterocycles. The molecule has 0 saturated carbocycles. The highest BCUT2D eigenvalue weighted by molar-refractivity contribution is 5.97. The van der Waals surface area contributed by atoms with Crippen LogP contribution in [0.1, 0.15) is 12.5 Å². The SMILES string of the molecule is CC(=O)Nc1cccc(NC(=O)Cc2ccc3c(c2)NC(=O)CO3)c1. The van der Waals surface area contributed by atoms with Gasteiger partial charge < -0.3 is 20.7 Å². The van der Waals surface area contributed by atoms with Gasteiger partial charge in [-0.3, -0.25) is 14.4 Å². The number of ether oxygens (including phenoxy) is 1. The van der Waals surface area contributed by atoms with E-state index in [1.54, 1.807) is 42.5 Å². The fraction of sp³-hybridized carbons (Fsp3) is 0.167. The highest BCUT2D eigenvalue weighted by Crippen LogP contribution is 2.28. The number of nitrogens with one attached hydrogen (secondary N) is 3. The van der Waals surface area contributed by atoms with Crippen LogP contribution in [0.2, 0.25) is 0 Å². The lowest BCUT2D eigenvalue weighted by Gasteiger charge is -2.18. The van der Waals surface area contributed by atoms with Gasteiger partial charge in [0.2, 0.25) is 11.8 Å². The van der Waals surface area contributed by atoms with Gasteiger partial charge in [0.25, 0.3) is 5.91 Å². The van der Waals surface area contributed by atoms with Crippen molar-refractivity contribution in [2.24, 2.45) is 0 Å². The summed E-state index contributed by atoms with van der Waals surface area (Å²) in [6, 6.07) is 12.1. The molecule has 0 fully saturated rings. The Labute approximate surface area is 144 Å². The van der Waals surface area contributed by atoms with Gasteiger partial charge >= 0.3 is 0 Å². The summed E-state index contributed by atoms with van der Waals surface area (Å²) < 4.78 is 5.29. The number of carbonyl (C=O) groups is 3. The van der Waals surface area contributed by atoms with E-state index in [9.17, 15) is 14.4 Å². The average molecular weight is 339 g/mol. The van der Waals surface area contributed by atoms with E-state index >= 15 is 0 Å². The van der Waals surface area contributed by atoms with Crippen molar-refractivity contribution in [2.45, 2.75) is 13.3 Å². The lowest BCUT2D eigenvalue weighted by atomic mass is 10.1. The summed E-state index contributed by atoms with van der Waals surface area (Å²) in [5.41, 5.74) is 2.51. The van der Waals surface area contributed by atoms with E-state index in [1.807, 2.05) is 0 Å². The normalized spacial score (nSPS) is 12.4. The molecule has 7 nitrogen and oxygen atoms in total. The van der Waals surface area contributed by atoms with Crippen molar-refractivity contribution in [3.8, 4) is 5.75 Å². The minimum atomic E-state index is -0.219. The molecule has 3 rings (SSSR count). The Bertz CT molecular complexity index is 848. The molecule has 0 unspecified atom stereocenters. The smallest absolute Gasteiger partial charge is 0.262 e. The summed E-state index contributed by atoms with van der Waals surface area (Å²) in [4.78, 5) is 34.7. The number of fused-ring (bicyclic) bond motifs is 1. The van der Waals surface area contributed by atoms with Gasteiger partial charge in [0, 0.05) is 18.3 Å². The van der Waals surface area contributed by atoms with Crippen LogP contribution >= 0.6 is 0 Å². The molecule has 128 valence electrons. The maximum atomic E-state index is 12.2. The van der Waals surface area contributed by atoms with E-state index in [2.05, 4.69) is 16.0 Å². The van der Waals surface area contributed by atoms with Gasteiger partial charge in [-0.1, -0.05) is 12.1 Å². The number of carbonyl (C=O) groups excluding carboxylic acids is 3. The molecule has 3 amide bonds. The molecule has 1 heterocycles. The molecule has 2 aromatic carbocycles. The Morgan fingerprint density at radius 3 is 2.64 bits per heavy atom. The second-order valence-corrected chi connectivity index (χ2v) is 5.65. The quantitative estimate of drug-likeness (QED) is 0.795. The zero-order valence-electron chi connectivity index (χ0n) is 13.6. The number of anilines is 3. The topological polar surface area (TPSA) is 96.5 Å². The summed E-state index contributed by atoms with van der Waals surface area (Å²) in [5, 5.41) is 8.16. The van der Waals surface area contributed by atoms with Gasteiger partial charge in [0.05, 0.1) is 12.1 Å². The Morgan fingerprint density at radius 2 is 1.88 bits per heavy atom. The van der Waals surface area contributed by atoms with Crippen LogP contribution in [0.25, 0.3) is 0 Å². The predicted octanol–water partition coefficient (Wildman–Crippen LogP) is 2.16. The van der Waals surface area contributed by atoms with Crippen LogP contribution in [0.5, 0.6) is 5.75 Å². The molecule has 0 aliphatic carbocycles. The van der Waals surface area contributed by atoms with Crippen molar-refractivity contribution < 1.29 is 19.1 Å². The van der Waals surface area contributed by atoms with Crippen LogP contribution in [0.4, 0.5) is 17.1 Å². The maximum absolute atomic E-state index is 12.2. The molecule has 1 aliphatic heterocycles. The third-order valence-corrected chi connectivity index (χ3v) is 3.51. The number of hydrogen-bond donors (Lipinski definition) is 3. The molecule has 0 aromatic heterocycles. The van der Waals surface area contributed by atoms with Crippen molar-refractivity contribution in [1.29, 1.82) is 0 Å². The van der Waals surface area contributed by atoms with E-state index in [1.165, 1.54) is 6.92 Å². The summed E-state index contributed by atoms with van der Waals surface area (Å²) >= 11 is 0. The average Bonchev–Trinajstić information content (AvgIpc) is 2.54. The van der Waals surface area contributed by atoms with Crippen LogP contribution in [0.3, 0.4) is 0 Å². The lowest BCUT2D eigenvalue weighted by Crippen LogP contribution is -2.25. The van der Waals surface area contributed by atoms with Crippen LogP contribution in [-0.2, 0) is 20.8 Å². The zero-order valence-corrected chi connectivity index (χ0v) is 13.6. The Balaban J connectivity index is 1.66. The van der Waals surface area contributed by atoms with Crippen LogP contribution in [0, 0.1) is 0 Å². The van der Waals surface area contributed by atoms with Crippen molar-refractivity contribution >= 4 is 34.8 Å². The second-order valence-electron chi connectivity index (χ2n) is 5.65. The van der Waals surface area contributed by atoms with E-state index < -0.39 is 0 Å². The molecule has 1 aliphatic rings. The highest BCUT2D eigenvalue weighted by Gasteiger charge is 2.16. The predicted molar refractivity (Wildman–Crippen MR) is 93.6 cm³/mol. The number of rotatable bonds is 4. The standard InChI is InChI=1S/C18H17N3O4/c1-11(22)19-13-3-2-4-14(9-13)20-17(23)8-12-5-6-16-15(7-12)21-18(24)10-25-16/h2-7,9H,8,10H2,1H3,(H,19,22)(H,20,23)(H,21,24). The van der Waals surface area contributed by atoms with E-state index in [4.69, 9.17) is 4.74 Å². The molecular formula is C18H17N3O4. The zero-order chi connectivity index (χ0) is 17.8. The monoisotopic (exact) mass is 339 g/mol. The molecule has 3 N–H and O–H groups in total. The first kappa shape index (κ1) is 16.5. The first-order valence-electron chi connectivity index (χ1n) is 7.73. The minimum Gasteiger partial charge on any atom is -0.482 e. The Hall–Kier alpha value is -3.35.